The zero-order chi connectivity index (χ0) is 17.3. The Balaban J connectivity index is 2.33. The van der Waals surface area contributed by atoms with Gasteiger partial charge in [-0.2, -0.15) is 0 Å². The van der Waals surface area contributed by atoms with Crippen LogP contribution in [-0.4, -0.2) is 31.4 Å². The Morgan fingerprint density at radius 3 is 2.35 bits per heavy atom. The van der Waals surface area contributed by atoms with Gasteiger partial charge in [-0.25, -0.2) is 0 Å². The maximum absolute atomic E-state index is 11.9. The Bertz CT molecular complexity index is 552. The van der Waals surface area contributed by atoms with Crippen LogP contribution in [0.5, 0.6) is 0 Å². The fraction of sp³-hybridized carbons (Fsp3) is 0.611. The van der Waals surface area contributed by atoms with Gasteiger partial charge >= 0.3 is 13.1 Å². The highest BCUT2D eigenvalue weighted by atomic mass is 16.7. The van der Waals surface area contributed by atoms with Crippen molar-refractivity contribution in [2.75, 3.05) is 7.11 Å². The lowest BCUT2D eigenvalue weighted by atomic mass is 9.66. The van der Waals surface area contributed by atoms with Gasteiger partial charge in [-0.05, 0) is 45.2 Å². The molecule has 0 bridgehead atoms. The smallest absolute Gasteiger partial charge is 0.466 e. The predicted molar refractivity (Wildman–Crippen MR) is 91.3 cm³/mol. The fourth-order valence-electron chi connectivity index (χ4n) is 2.73. The van der Waals surface area contributed by atoms with Crippen LogP contribution >= 0.6 is 0 Å². The second-order valence-electron chi connectivity index (χ2n) is 7.11. The molecule has 1 saturated heterocycles. The van der Waals surface area contributed by atoms with E-state index < -0.39 is 18.3 Å². The van der Waals surface area contributed by atoms with Gasteiger partial charge in [0.25, 0.3) is 0 Å². The lowest BCUT2D eigenvalue weighted by molar-refractivity contribution is -0.140. The third-order valence-corrected chi connectivity index (χ3v) is 5.00. The van der Waals surface area contributed by atoms with Crippen molar-refractivity contribution in [2.45, 2.75) is 64.5 Å². The number of methoxy groups -OCH3 is 1. The van der Waals surface area contributed by atoms with Crippen LogP contribution in [0.3, 0.4) is 0 Å². The van der Waals surface area contributed by atoms with E-state index in [9.17, 15) is 4.79 Å². The highest BCUT2D eigenvalue weighted by Gasteiger charge is 2.54. The average Bonchev–Trinajstić information content (AvgIpc) is 2.72. The monoisotopic (exact) mass is 318 g/mol. The van der Waals surface area contributed by atoms with E-state index in [0.717, 1.165) is 12.0 Å². The van der Waals surface area contributed by atoms with Crippen molar-refractivity contribution in [2.24, 2.45) is 0 Å². The molecule has 0 aliphatic carbocycles. The molecule has 0 aromatic heterocycles. The van der Waals surface area contributed by atoms with Gasteiger partial charge in [-0.3, -0.25) is 4.79 Å². The van der Waals surface area contributed by atoms with E-state index in [4.69, 9.17) is 14.0 Å². The molecule has 0 amide bonds. The number of benzene rings is 1. The van der Waals surface area contributed by atoms with Gasteiger partial charge in [-0.15, -0.1) is 0 Å². The summed E-state index contributed by atoms with van der Waals surface area (Å²) in [5, 5.41) is 0. The Hall–Kier alpha value is -1.33. The first-order valence-corrected chi connectivity index (χ1v) is 8.21. The summed E-state index contributed by atoms with van der Waals surface area (Å²) >= 11 is 0. The largest absolute Gasteiger partial charge is 0.469 e. The lowest BCUT2D eigenvalue weighted by Crippen LogP contribution is -2.41. The SMILES string of the molecule is CCc1cccc(C(CC(=O)OC)B2OC(C)(C)C(C)(C)O2)c1. The van der Waals surface area contributed by atoms with Crippen LogP contribution in [-0.2, 0) is 25.3 Å². The third-order valence-electron chi connectivity index (χ3n) is 5.00. The second-order valence-corrected chi connectivity index (χ2v) is 7.11. The Labute approximate surface area is 139 Å². The molecule has 4 nitrogen and oxygen atoms in total. The van der Waals surface area contributed by atoms with Crippen LogP contribution < -0.4 is 0 Å². The molecule has 0 N–H and O–H groups in total. The first-order chi connectivity index (χ1) is 10.7. The molecule has 1 aliphatic rings. The van der Waals surface area contributed by atoms with Gasteiger partial charge in [0.2, 0.25) is 0 Å². The Kier molecular flexibility index (Phi) is 5.22. The second kappa shape index (κ2) is 6.66. The van der Waals surface area contributed by atoms with Crippen LogP contribution in [0.15, 0.2) is 24.3 Å². The number of carbonyl (C=O) groups excluding carboxylic acids is 1. The Morgan fingerprint density at radius 1 is 1.22 bits per heavy atom. The maximum atomic E-state index is 11.9. The fourth-order valence-corrected chi connectivity index (χ4v) is 2.73. The molecule has 23 heavy (non-hydrogen) atoms. The summed E-state index contributed by atoms with van der Waals surface area (Å²) in [7, 11) is 0.942. The molecule has 0 spiro atoms. The maximum Gasteiger partial charge on any atom is 0.466 e. The van der Waals surface area contributed by atoms with Crippen molar-refractivity contribution in [1.29, 1.82) is 0 Å². The van der Waals surface area contributed by atoms with Gasteiger partial charge in [-0.1, -0.05) is 31.2 Å². The quantitative estimate of drug-likeness (QED) is 0.615. The van der Waals surface area contributed by atoms with E-state index in [1.54, 1.807) is 0 Å². The zero-order valence-corrected chi connectivity index (χ0v) is 15.0. The van der Waals surface area contributed by atoms with Crippen LogP contribution in [0.1, 0.15) is 58.0 Å². The molecule has 1 aliphatic heterocycles. The minimum absolute atomic E-state index is 0.185. The summed E-state index contributed by atoms with van der Waals surface area (Å²) in [6.45, 7) is 10.2. The molecule has 0 radical (unpaired) electrons. The van der Waals surface area contributed by atoms with Crippen molar-refractivity contribution in [3.05, 3.63) is 35.4 Å². The molecule has 1 unspecified atom stereocenters. The van der Waals surface area contributed by atoms with Crippen LogP contribution in [0.4, 0.5) is 0 Å². The number of aryl methyl sites for hydroxylation is 1. The molecular weight excluding hydrogens is 291 g/mol. The van der Waals surface area contributed by atoms with E-state index in [2.05, 4.69) is 19.1 Å². The van der Waals surface area contributed by atoms with E-state index in [1.165, 1.54) is 12.7 Å². The number of carbonyl (C=O) groups is 1. The van der Waals surface area contributed by atoms with E-state index in [-0.39, 0.29) is 18.2 Å². The predicted octanol–water partition coefficient (Wildman–Crippen LogP) is 3.53. The topological polar surface area (TPSA) is 44.8 Å². The highest BCUT2D eigenvalue weighted by Crippen LogP contribution is 2.41. The molecule has 1 fully saturated rings. The van der Waals surface area contributed by atoms with E-state index in [0.29, 0.717) is 0 Å². The van der Waals surface area contributed by atoms with Gasteiger partial charge in [0.1, 0.15) is 0 Å². The van der Waals surface area contributed by atoms with Crippen molar-refractivity contribution >= 4 is 13.1 Å². The van der Waals surface area contributed by atoms with Crippen LogP contribution in [0, 0.1) is 0 Å². The summed E-state index contributed by atoms with van der Waals surface area (Å²) in [6, 6.07) is 8.25. The number of hydrogen-bond donors (Lipinski definition) is 0. The number of rotatable bonds is 5. The molecule has 1 atom stereocenters. The molecule has 1 heterocycles. The molecule has 5 heteroatoms. The minimum atomic E-state index is -0.466. The summed E-state index contributed by atoms with van der Waals surface area (Å²) in [5.74, 6) is -0.443. The van der Waals surface area contributed by atoms with Crippen LogP contribution in [0.25, 0.3) is 0 Å². The normalized spacial score (nSPS) is 20.3. The van der Waals surface area contributed by atoms with Crippen molar-refractivity contribution in [3.63, 3.8) is 0 Å². The molecule has 1 aromatic carbocycles. The van der Waals surface area contributed by atoms with Crippen LogP contribution in [0.2, 0.25) is 0 Å². The summed E-state index contributed by atoms with van der Waals surface area (Å²) in [5.41, 5.74) is 1.44. The van der Waals surface area contributed by atoms with Crippen molar-refractivity contribution in [1.82, 2.24) is 0 Å². The lowest BCUT2D eigenvalue weighted by Gasteiger charge is -2.32. The molecule has 126 valence electrons. The summed E-state index contributed by atoms with van der Waals surface area (Å²) in [4.78, 5) is 11.9. The first kappa shape index (κ1) is 18.0. The third kappa shape index (κ3) is 3.78. The van der Waals surface area contributed by atoms with E-state index >= 15 is 0 Å². The van der Waals surface area contributed by atoms with Gasteiger partial charge in [0, 0.05) is 5.82 Å². The summed E-state index contributed by atoms with van der Waals surface area (Å²) < 4.78 is 17.2. The number of ether oxygens (including phenoxy) is 1. The van der Waals surface area contributed by atoms with E-state index in [1.807, 2.05) is 39.8 Å². The first-order valence-electron chi connectivity index (χ1n) is 8.21. The number of esters is 1. The zero-order valence-electron chi connectivity index (χ0n) is 15.0. The van der Waals surface area contributed by atoms with Gasteiger partial charge in [0.15, 0.2) is 0 Å². The molecular formula is C18H27BO4. The average molecular weight is 318 g/mol. The van der Waals surface area contributed by atoms with Crippen molar-refractivity contribution in [3.8, 4) is 0 Å². The Morgan fingerprint density at radius 2 is 1.83 bits per heavy atom. The van der Waals surface area contributed by atoms with Crippen molar-refractivity contribution < 1.29 is 18.8 Å². The molecule has 0 saturated carbocycles. The summed E-state index contributed by atoms with van der Waals surface area (Å²) in [6.07, 6.45) is 1.18. The highest BCUT2D eigenvalue weighted by molar-refractivity contribution is 6.48. The molecule has 1 aromatic rings. The van der Waals surface area contributed by atoms with Gasteiger partial charge in [0.05, 0.1) is 24.7 Å². The molecule has 2 rings (SSSR count). The minimum Gasteiger partial charge on any atom is -0.469 e. The number of hydrogen-bond acceptors (Lipinski definition) is 4. The standard InChI is InChI=1S/C18H27BO4/c1-7-13-9-8-10-14(11-13)15(12-16(20)21-6)19-22-17(2,3)18(4,5)23-19/h8-11,15H,7,12H2,1-6H3. The van der Waals surface area contributed by atoms with Gasteiger partial charge < -0.3 is 14.0 Å².